The average molecular weight is 573 g/mol. The number of rotatable bonds is 5. The molecule has 218 valence electrons. The summed E-state index contributed by atoms with van der Waals surface area (Å²) in [7, 11) is 2.06. The van der Waals surface area contributed by atoms with Gasteiger partial charge in [0.15, 0.2) is 0 Å². The zero-order valence-electron chi connectivity index (χ0n) is 23.9. The summed E-state index contributed by atoms with van der Waals surface area (Å²) >= 11 is 0. The molecule has 2 aromatic carbocycles. The van der Waals surface area contributed by atoms with Crippen molar-refractivity contribution in [2.45, 2.75) is 44.9 Å². The van der Waals surface area contributed by atoms with Gasteiger partial charge in [0, 0.05) is 54.1 Å². The molecule has 5 heterocycles. The molecule has 0 amide bonds. The van der Waals surface area contributed by atoms with Gasteiger partial charge in [0.2, 0.25) is 0 Å². The second kappa shape index (κ2) is 11.1. The third-order valence-electron chi connectivity index (χ3n) is 8.86. The highest BCUT2D eigenvalue weighted by Gasteiger charge is 2.32. The van der Waals surface area contributed by atoms with Crippen LogP contribution in [0.1, 0.15) is 29.3 Å². The lowest BCUT2D eigenvalue weighted by atomic mass is 9.95. The van der Waals surface area contributed by atoms with E-state index in [2.05, 4.69) is 33.7 Å². The number of likely N-dealkylation sites (N-methyl/N-ethyl adjacent to an activating group) is 1. The van der Waals surface area contributed by atoms with Crippen LogP contribution in [0.5, 0.6) is 6.01 Å². The average Bonchev–Trinajstić information content (AvgIpc) is 3.00. The van der Waals surface area contributed by atoms with E-state index in [4.69, 9.17) is 19.4 Å². The lowest BCUT2D eigenvalue weighted by molar-refractivity contribution is -0.0120. The second-order valence-electron chi connectivity index (χ2n) is 11.5. The SMILES string of the molecule is C[C@H]1Cc2cncc(F)c2CN1c1nc(OC[C@H]2COCCN2C)nc2c1CCN(c1cccc3cccc(F)c13)C2. The van der Waals surface area contributed by atoms with Crippen LogP contribution in [0.25, 0.3) is 10.8 Å². The fourth-order valence-electron chi connectivity index (χ4n) is 6.41. The highest BCUT2D eigenvalue weighted by atomic mass is 19.1. The maximum Gasteiger partial charge on any atom is 0.318 e. The van der Waals surface area contributed by atoms with E-state index in [1.165, 1.54) is 12.3 Å². The minimum atomic E-state index is -0.298. The van der Waals surface area contributed by atoms with Crippen molar-refractivity contribution < 1.29 is 18.3 Å². The van der Waals surface area contributed by atoms with Gasteiger partial charge in [0.1, 0.15) is 24.1 Å². The largest absolute Gasteiger partial charge is 0.462 e. The lowest BCUT2D eigenvalue weighted by Gasteiger charge is -2.39. The maximum absolute atomic E-state index is 15.0. The first kappa shape index (κ1) is 27.0. The molecule has 0 saturated carbocycles. The van der Waals surface area contributed by atoms with E-state index in [-0.39, 0.29) is 23.7 Å². The number of aromatic nitrogens is 3. The molecule has 10 heteroatoms. The Bertz CT molecular complexity index is 1630. The summed E-state index contributed by atoms with van der Waals surface area (Å²) in [4.78, 5) is 20.5. The Morgan fingerprint density at radius 2 is 1.86 bits per heavy atom. The van der Waals surface area contributed by atoms with Crippen LogP contribution < -0.4 is 14.5 Å². The van der Waals surface area contributed by atoms with E-state index in [0.29, 0.717) is 69.3 Å². The van der Waals surface area contributed by atoms with Gasteiger partial charge in [-0.3, -0.25) is 9.88 Å². The van der Waals surface area contributed by atoms with E-state index < -0.39 is 0 Å². The van der Waals surface area contributed by atoms with Gasteiger partial charge in [-0.05, 0) is 49.9 Å². The van der Waals surface area contributed by atoms with Gasteiger partial charge in [-0.15, -0.1) is 0 Å². The van der Waals surface area contributed by atoms with Crippen LogP contribution in [0.4, 0.5) is 20.3 Å². The molecule has 0 unspecified atom stereocenters. The third-order valence-corrected chi connectivity index (χ3v) is 8.86. The molecule has 4 aromatic rings. The van der Waals surface area contributed by atoms with Gasteiger partial charge in [0.05, 0.1) is 37.7 Å². The molecular formula is C32H34F2N6O2. The minimum Gasteiger partial charge on any atom is -0.462 e. The Hall–Kier alpha value is -3.89. The van der Waals surface area contributed by atoms with Gasteiger partial charge >= 0.3 is 6.01 Å². The summed E-state index contributed by atoms with van der Waals surface area (Å²) in [6.07, 6.45) is 4.38. The van der Waals surface area contributed by atoms with Crippen molar-refractivity contribution in [2.24, 2.45) is 0 Å². The Kier molecular flexibility index (Phi) is 7.11. The van der Waals surface area contributed by atoms with Gasteiger partial charge in [-0.25, -0.2) is 8.78 Å². The maximum atomic E-state index is 15.0. The fraction of sp³-hybridized carbons (Fsp3) is 0.406. The van der Waals surface area contributed by atoms with Crippen molar-refractivity contribution in [3.63, 3.8) is 0 Å². The first-order valence-corrected chi connectivity index (χ1v) is 14.6. The van der Waals surface area contributed by atoms with E-state index in [0.717, 1.165) is 40.3 Å². The zero-order valence-corrected chi connectivity index (χ0v) is 23.9. The number of pyridine rings is 1. The molecule has 8 nitrogen and oxygen atoms in total. The van der Waals surface area contributed by atoms with Gasteiger partial charge in [0.25, 0.3) is 0 Å². The van der Waals surface area contributed by atoms with Crippen molar-refractivity contribution in [1.29, 1.82) is 0 Å². The van der Waals surface area contributed by atoms with Crippen molar-refractivity contribution in [1.82, 2.24) is 19.9 Å². The van der Waals surface area contributed by atoms with Gasteiger partial charge in [-0.2, -0.15) is 9.97 Å². The lowest BCUT2D eigenvalue weighted by Crippen LogP contribution is -2.46. The quantitative estimate of drug-likeness (QED) is 0.346. The molecule has 42 heavy (non-hydrogen) atoms. The Morgan fingerprint density at radius 3 is 2.71 bits per heavy atom. The predicted molar refractivity (Wildman–Crippen MR) is 157 cm³/mol. The summed E-state index contributed by atoms with van der Waals surface area (Å²) in [6.45, 7) is 6.21. The van der Waals surface area contributed by atoms with Crippen molar-refractivity contribution in [3.05, 3.63) is 82.8 Å². The van der Waals surface area contributed by atoms with E-state index >= 15 is 4.39 Å². The Balaban J connectivity index is 1.26. The zero-order chi connectivity index (χ0) is 28.8. The van der Waals surface area contributed by atoms with Crippen molar-refractivity contribution in [2.75, 3.05) is 49.8 Å². The van der Waals surface area contributed by atoms with E-state index in [1.54, 1.807) is 12.3 Å². The van der Waals surface area contributed by atoms with Crippen LogP contribution in [0, 0.1) is 11.6 Å². The number of morpholine rings is 1. The van der Waals surface area contributed by atoms with E-state index in [1.807, 2.05) is 24.3 Å². The molecule has 1 saturated heterocycles. The number of fused-ring (bicyclic) bond motifs is 3. The highest BCUT2D eigenvalue weighted by Crippen LogP contribution is 2.37. The number of benzene rings is 2. The van der Waals surface area contributed by atoms with Crippen LogP contribution >= 0.6 is 0 Å². The molecular weight excluding hydrogens is 538 g/mol. The molecule has 2 aromatic heterocycles. The topological polar surface area (TPSA) is 66.9 Å². The van der Waals surface area contributed by atoms with Crippen LogP contribution in [0.2, 0.25) is 0 Å². The Morgan fingerprint density at radius 1 is 1.00 bits per heavy atom. The number of halogens is 2. The van der Waals surface area contributed by atoms with Gasteiger partial charge in [-0.1, -0.05) is 24.3 Å². The molecule has 7 rings (SSSR count). The smallest absolute Gasteiger partial charge is 0.318 e. The fourth-order valence-corrected chi connectivity index (χ4v) is 6.41. The third kappa shape index (κ3) is 4.92. The first-order valence-electron chi connectivity index (χ1n) is 14.6. The molecule has 0 aliphatic carbocycles. The monoisotopic (exact) mass is 572 g/mol. The molecule has 0 bridgehead atoms. The second-order valence-corrected chi connectivity index (χ2v) is 11.5. The van der Waals surface area contributed by atoms with Crippen LogP contribution in [-0.4, -0.2) is 71.9 Å². The van der Waals surface area contributed by atoms with Crippen molar-refractivity contribution in [3.8, 4) is 6.01 Å². The van der Waals surface area contributed by atoms with Crippen LogP contribution in [0.3, 0.4) is 0 Å². The van der Waals surface area contributed by atoms with Crippen molar-refractivity contribution >= 4 is 22.3 Å². The van der Waals surface area contributed by atoms with E-state index in [9.17, 15) is 4.39 Å². The molecule has 1 fully saturated rings. The standard InChI is InChI=1S/C32H34F2N6O2/c1-20-13-22-14-35-15-27(34)25(22)16-40(20)31-24-9-10-39(29-8-4-6-21-5-3-7-26(33)30(21)29)17-28(24)36-32(37-31)42-19-23-18-41-12-11-38(23)2/h3-8,14-15,20,23H,9-13,16-19H2,1-2H3/t20-,23+/m0/s1. The molecule has 2 atom stereocenters. The summed E-state index contributed by atoms with van der Waals surface area (Å²) in [5.74, 6) is 0.243. The number of hydrogen-bond donors (Lipinski definition) is 0. The van der Waals surface area contributed by atoms with Crippen LogP contribution in [-0.2, 0) is 30.7 Å². The number of hydrogen-bond acceptors (Lipinski definition) is 8. The summed E-state index contributed by atoms with van der Waals surface area (Å²) in [5.41, 5.74) is 4.30. The predicted octanol–water partition coefficient (Wildman–Crippen LogP) is 4.53. The molecule has 0 spiro atoms. The van der Waals surface area contributed by atoms with Gasteiger partial charge < -0.3 is 19.3 Å². The van der Waals surface area contributed by atoms with Crippen LogP contribution in [0.15, 0.2) is 48.8 Å². The Labute approximate surface area is 243 Å². The minimum absolute atomic E-state index is 0.0796. The first-order chi connectivity index (χ1) is 20.5. The number of nitrogens with zero attached hydrogens (tertiary/aromatic N) is 6. The molecule has 0 radical (unpaired) electrons. The highest BCUT2D eigenvalue weighted by molar-refractivity contribution is 5.95. The normalized spacial score (nSPS) is 20.9. The summed E-state index contributed by atoms with van der Waals surface area (Å²) < 4.78 is 41.8. The molecule has 3 aliphatic heterocycles. The molecule has 0 N–H and O–H groups in total. The summed E-state index contributed by atoms with van der Waals surface area (Å²) in [6, 6.07) is 11.5. The molecule has 3 aliphatic rings. The number of anilines is 2. The summed E-state index contributed by atoms with van der Waals surface area (Å²) in [5, 5.41) is 1.47. The number of ether oxygens (including phenoxy) is 2.